The Balaban J connectivity index is 4.63. The fraction of sp³-hybridized carbons (Fsp3) is 0.200. The summed E-state index contributed by atoms with van der Waals surface area (Å²) in [6, 6.07) is 0. The van der Waals surface area contributed by atoms with Crippen LogP contribution in [0.15, 0.2) is 40.0 Å². The molecule has 14 heavy (non-hydrogen) atoms. The third kappa shape index (κ3) is 6.20. The number of carbonyl (C=O) groups excluding carboxylic acids is 1. The Hall–Kier alpha value is -1.35. The van der Waals surface area contributed by atoms with Crippen molar-refractivity contribution in [3.05, 3.63) is 35.0 Å². The van der Waals surface area contributed by atoms with Crippen molar-refractivity contribution in [3.63, 3.8) is 0 Å². The molecule has 0 aliphatic heterocycles. The molecule has 0 aromatic rings. The summed E-state index contributed by atoms with van der Waals surface area (Å²) in [5, 5.41) is 0.592. The number of ether oxygens (including phenoxy) is 1. The second-order valence-electron chi connectivity index (χ2n) is 2.40. The lowest BCUT2D eigenvalue weighted by molar-refractivity contribution is -0.134. The molecule has 0 N–H and O–H groups in total. The van der Waals surface area contributed by atoms with Crippen LogP contribution in [0.3, 0.4) is 0 Å². The molecule has 4 heteroatoms. The molecule has 0 atom stereocenters. The van der Waals surface area contributed by atoms with Crippen LogP contribution in [0, 0.1) is 0 Å². The van der Waals surface area contributed by atoms with Crippen molar-refractivity contribution in [1.29, 1.82) is 0 Å². The van der Waals surface area contributed by atoms with Crippen LogP contribution in [0.1, 0.15) is 6.92 Å². The zero-order valence-corrected chi connectivity index (χ0v) is 8.91. The monoisotopic (exact) mass is 213 g/mol. The standard InChI is InChI=1S/C10H12ClNO2/c1-8(11)6-9(7-12-2)4-5-10(13)14-3/h4-7H,2H2,1,3H3/b5-4+,8-6+,9-7-. The van der Waals surface area contributed by atoms with Gasteiger partial charge in [-0.2, -0.15) is 0 Å². The maximum Gasteiger partial charge on any atom is 0.330 e. The summed E-state index contributed by atoms with van der Waals surface area (Å²) in [6.07, 6.45) is 5.99. The van der Waals surface area contributed by atoms with Crippen molar-refractivity contribution in [2.75, 3.05) is 7.11 Å². The molecule has 0 rings (SSSR count). The number of carbonyl (C=O) groups is 1. The first-order valence-electron chi connectivity index (χ1n) is 3.86. The van der Waals surface area contributed by atoms with Crippen LogP contribution in [0.2, 0.25) is 0 Å². The number of aliphatic imine (C=N–C) groups is 1. The van der Waals surface area contributed by atoms with E-state index in [0.29, 0.717) is 10.6 Å². The van der Waals surface area contributed by atoms with Crippen LogP contribution in [0.5, 0.6) is 0 Å². The quantitative estimate of drug-likeness (QED) is 0.311. The molecule has 0 aromatic carbocycles. The first kappa shape index (κ1) is 12.7. The number of hydrogen-bond acceptors (Lipinski definition) is 3. The highest BCUT2D eigenvalue weighted by molar-refractivity contribution is 6.29. The zero-order chi connectivity index (χ0) is 11.0. The number of rotatable bonds is 4. The van der Waals surface area contributed by atoms with Crippen LogP contribution in [0.25, 0.3) is 0 Å². The summed E-state index contributed by atoms with van der Waals surface area (Å²) in [5.74, 6) is -0.430. The minimum Gasteiger partial charge on any atom is -0.466 e. The molecule has 0 saturated heterocycles. The fourth-order valence-electron chi connectivity index (χ4n) is 0.696. The molecule has 0 saturated carbocycles. The van der Waals surface area contributed by atoms with E-state index in [1.54, 1.807) is 19.1 Å². The van der Waals surface area contributed by atoms with Gasteiger partial charge >= 0.3 is 5.97 Å². The first-order valence-corrected chi connectivity index (χ1v) is 4.23. The summed E-state index contributed by atoms with van der Waals surface area (Å²) < 4.78 is 4.43. The third-order valence-corrected chi connectivity index (χ3v) is 1.33. The fourth-order valence-corrected chi connectivity index (χ4v) is 0.822. The Morgan fingerprint density at radius 3 is 2.57 bits per heavy atom. The number of hydrogen-bond donors (Lipinski definition) is 0. The Bertz CT molecular complexity index is 299. The Morgan fingerprint density at radius 1 is 1.50 bits per heavy atom. The van der Waals surface area contributed by atoms with Gasteiger partial charge in [-0.3, -0.25) is 4.99 Å². The molecule has 0 heterocycles. The second kappa shape index (κ2) is 7.09. The third-order valence-electron chi connectivity index (χ3n) is 1.22. The molecule has 0 fully saturated rings. The van der Waals surface area contributed by atoms with E-state index in [1.807, 2.05) is 0 Å². The molecule has 0 radical (unpaired) electrons. The van der Waals surface area contributed by atoms with Gasteiger partial charge in [0.05, 0.1) is 7.11 Å². The van der Waals surface area contributed by atoms with E-state index in [-0.39, 0.29) is 0 Å². The van der Waals surface area contributed by atoms with Crippen molar-refractivity contribution in [2.45, 2.75) is 6.92 Å². The number of halogens is 1. The second-order valence-corrected chi connectivity index (χ2v) is 3.00. The van der Waals surface area contributed by atoms with Crippen molar-refractivity contribution in [1.82, 2.24) is 0 Å². The van der Waals surface area contributed by atoms with E-state index < -0.39 is 5.97 Å². The minimum absolute atomic E-state index is 0.430. The normalized spacial score (nSPS) is 13.1. The van der Waals surface area contributed by atoms with Crippen LogP contribution >= 0.6 is 11.6 Å². The average molecular weight is 214 g/mol. The lowest BCUT2D eigenvalue weighted by Gasteiger charge is -1.93. The van der Waals surface area contributed by atoms with Crippen molar-refractivity contribution in [3.8, 4) is 0 Å². The Kier molecular flexibility index (Phi) is 6.41. The van der Waals surface area contributed by atoms with E-state index in [4.69, 9.17) is 11.6 Å². The van der Waals surface area contributed by atoms with Crippen LogP contribution in [-0.2, 0) is 9.53 Å². The predicted octanol–water partition coefficient (Wildman–Crippen LogP) is 2.44. The maximum atomic E-state index is 10.8. The van der Waals surface area contributed by atoms with Gasteiger partial charge in [0.15, 0.2) is 0 Å². The summed E-state index contributed by atoms with van der Waals surface area (Å²) in [6.45, 7) is 5.03. The molecule has 0 amide bonds. The minimum atomic E-state index is -0.430. The summed E-state index contributed by atoms with van der Waals surface area (Å²) >= 11 is 5.67. The molecule has 0 bridgehead atoms. The zero-order valence-electron chi connectivity index (χ0n) is 8.16. The summed E-state index contributed by atoms with van der Waals surface area (Å²) in [7, 11) is 1.31. The van der Waals surface area contributed by atoms with Gasteiger partial charge in [-0.05, 0) is 31.4 Å². The lowest BCUT2D eigenvalue weighted by atomic mass is 10.2. The van der Waals surface area contributed by atoms with Crippen LogP contribution in [0.4, 0.5) is 0 Å². The van der Waals surface area contributed by atoms with Gasteiger partial charge in [0.25, 0.3) is 0 Å². The van der Waals surface area contributed by atoms with E-state index in [1.165, 1.54) is 19.4 Å². The summed E-state index contributed by atoms with van der Waals surface area (Å²) in [4.78, 5) is 14.3. The molecule has 0 aromatic heterocycles. The topological polar surface area (TPSA) is 38.7 Å². The van der Waals surface area contributed by atoms with E-state index >= 15 is 0 Å². The summed E-state index contributed by atoms with van der Waals surface area (Å²) in [5.41, 5.74) is 0.679. The van der Waals surface area contributed by atoms with Gasteiger partial charge in [0.1, 0.15) is 0 Å². The number of allylic oxidation sites excluding steroid dienone is 4. The molecular weight excluding hydrogens is 202 g/mol. The van der Waals surface area contributed by atoms with Gasteiger partial charge in [0.2, 0.25) is 0 Å². The number of nitrogens with zero attached hydrogens (tertiary/aromatic N) is 1. The Morgan fingerprint density at radius 2 is 2.14 bits per heavy atom. The molecule has 0 unspecified atom stereocenters. The predicted molar refractivity (Wildman–Crippen MR) is 58.4 cm³/mol. The molecular formula is C10H12ClNO2. The smallest absolute Gasteiger partial charge is 0.330 e. The van der Waals surface area contributed by atoms with Gasteiger partial charge in [-0.25, -0.2) is 4.79 Å². The highest BCUT2D eigenvalue weighted by Crippen LogP contribution is 2.07. The molecule has 3 nitrogen and oxygen atoms in total. The maximum absolute atomic E-state index is 10.8. The molecule has 0 aliphatic rings. The lowest BCUT2D eigenvalue weighted by Crippen LogP contribution is -1.93. The van der Waals surface area contributed by atoms with Gasteiger partial charge in [-0.1, -0.05) is 11.6 Å². The highest BCUT2D eigenvalue weighted by atomic mass is 35.5. The van der Waals surface area contributed by atoms with Gasteiger partial charge in [0, 0.05) is 17.3 Å². The van der Waals surface area contributed by atoms with E-state index in [9.17, 15) is 4.79 Å². The van der Waals surface area contributed by atoms with E-state index in [2.05, 4.69) is 16.4 Å². The first-order chi connectivity index (χ1) is 6.60. The average Bonchev–Trinajstić information content (AvgIpc) is 2.13. The van der Waals surface area contributed by atoms with Crippen LogP contribution in [-0.4, -0.2) is 19.8 Å². The molecule has 0 spiro atoms. The van der Waals surface area contributed by atoms with Gasteiger partial charge in [-0.15, -0.1) is 0 Å². The number of esters is 1. The van der Waals surface area contributed by atoms with Gasteiger partial charge < -0.3 is 4.74 Å². The highest BCUT2D eigenvalue weighted by Gasteiger charge is 1.92. The van der Waals surface area contributed by atoms with Crippen molar-refractivity contribution in [2.24, 2.45) is 4.99 Å². The largest absolute Gasteiger partial charge is 0.466 e. The molecule has 0 aliphatic carbocycles. The van der Waals surface area contributed by atoms with E-state index in [0.717, 1.165) is 0 Å². The van der Waals surface area contributed by atoms with Crippen LogP contribution < -0.4 is 0 Å². The number of methoxy groups -OCH3 is 1. The molecule has 76 valence electrons. The SMILES string of the molecule is C=N/C=C(/C=C/C(=O)OC)\C=C(/C)Cl. The van der Waals surface area contributed by atoms with Crippen molar-refractivity contribution < 1.29 is 9.53 Å². The Labute approximate surface area is 88.4 Å². The van der Waals surface area contributed by atoms with Crippen molar-refractivity contribution >= 4 is 24.3 Å².